The number of aryl methyl sites for hydroxylation is 2. The van der Waals surface area contributed by atoms with Gasteiger partial charge in [-0.15, -0.1) is 0 Å². The lowest BCUT2D eigenvalue weighted by Crippen LogP contribution is -2.26. The smallest absolute Gasteiger partial charge is 0.253 e. The number of halogens is 1. The Balaban J connectivity index is 1.85. The summed E-state index contributed by atoms with van der Waals surface area (Å²) in [4.78, 5) is 27.3. The summed E-state index contributed by atoms with van der Waals surface area (Å²) in [6.07, 6.45) is 0. The van der Waals surface area contributed by atoms with Crippen LogP contribution < -0.4 is 10.9 Å². The van der Waals surface area contributed by atoms with Gasteiger partial charge in [0.25, 0.3) is 11.5 Å². The van der Waals surface area contributed by atoms with Gasteiger partial charge in [-0.1, -0.05) is 22.0 Å². The Bertz CT molecular complexity index is 992. The van der Waals surface area contributed by atoms with E-state index in [1.54, 1.807) is 18.2 Å². The molecule has 3 rings (SSSR count). The summed E-state index contributed by atoms with van der Waals surface area (Å²) in [7, 11) is 0. The molecule has 0 spiro atoms. The molecule has 0 atom stereocenters. The van der Waals surface area contributed by atoms with Crippen LogP contribution in [0, 0.1) is 13.8 Å². The van der Waals surface area contributed by atoms with Gasteiger partial charge >= 0.3 is 0 Å². The first-order valence-corrected chi connectivity index (χ1v) is 8.40. The average molecular weight is 385 g/mol. The molecule has 1 aromatic heterocycles. The van der Waals surface area contributed by atoms with Gasteiger partial charge in [0.1, 0.15) is 0 Å². The van der Waals surface area contributed by atoms with Gasteiger partial charge in [0, 0.05) is 27.7 Å². The Morgan fingerprint density at radius 1 is 1.12 bits per heavy atom. The zero-order valence-corrected chi connectivity index (χ0v) is 15.0. The first-order valence-electron chi connectivity index (χ1n) is 7.61. The number of hydrogen-bond donors (Lipinski definition) is 2. The van der Waals surface area contributed by atoms with Crippen molar-refractivity contribution in [2.75, 3.05) is 0 Å². The van der Waals surface area contributed by atoms with Crippen LogP contribution >= 0.6 is 15.9 Å². The number of pyridine rings is 1. The van der Waals surface area contributed by atoms with Gasteiger partial charge in [0.2, 0.25) is 0 Å². The molecular weight excluding hydrogens is 368 g/mol. The molecule has 5 heteroatoms. The number of amides is 1. The molecule has 0 fully saturated rings. The maximum atomic E-state index is 12.2. The molecule has 0 aliphatic rings. The van der Waals surface area contributed by atoms with E-state index in [0.29, 0.717) is 11.1 Å². The minimum Gasteiger partial charge on any atom is -0.348 e. The molecule has 3 aromatic rings. The van der Waals surface area contributed by atoms with Crippen molar-refractivity contribution < 1.29 is 4.79 Å². The van der Waals surface area contributed by atoms with E-state index in [-0.39, 0.29) is 18.0 Å². The van der Waals surface area contributed by atoms with Crippen molar-refractivity contribution >= 4 is 32.7 Å². The van der Waals surface area contributed by atoms with E-state index >= 15 is 0 Å². The number of benzene rings is 2. The van der Waals surface area contributed by atoms with Crippen molar-refractivity contribution in [2.24, 2.45) is 0 Å². The topological polar surface area (TPSA) is 62.0 Å². The molecule has 0 radical (unpaired) electrons. The monoisotopic (exact) mass is 384 g/mol. The molecule has 1 heterocycles. The fourth-order valence-corrected chi connectivity index (χ4v) is 2.96. The molecule has 0 aliphatic heterocycles. The summed E-state index contributed by atoms with van der Waals surface area (Å²) in [5.41, 5.74) is 4.01. The van der Waals surface area contributed by atoms with Crippen molar-refractivity contribution in [1.82, 2.24) is 10.3 Å². The maximum absolute atomic E-state index is 12.2. The van der Waals surface area contributed by atoms with Crippen LogP contribution in [0.2, 0.25) is 0 Å². The van der Waals surface area contributed by atoms with E-state index in [4.69, 9.17) is 0 Å². The summed E-state index contributed by atoms with van der Waals surface area (Å²) in [5, 5.41) is 3.76. The first-order chi connectivity index (χ1) is 11.4. The van der Waals surface area contributed by atoms with Gasteiger partial charge in [-0.25, -0.2) is 0 Å². The second kappa shape index (κ2) is 6.61. The van der Waals surface area contributed by atoms with Gasteiger partial charge in [-0.3, -0.25) is 9.59 Å². The number of aromatic nitrogens is 1. The van der Waals surface area contributed by atoms with Crippen molar-refractivity contribution in [3.05, 3.63) is 79.5 Å². The van der Waals surface area contributed by atoms with Gasteiger partial charge < -0.3 is 10.3 Å². The highest BCUT2D eigenvalue weighted by atomic mass is 79.9. The Hall–Kier alpha value is -2.40. The van der Waals surface area contributed by atoms with Crippen molar-refractivity contribution in [2.45, 2.75) is 20.4 Å². The molecule has 24 heavy (non-hydrogen) atoms. The van der Waals surface area contributed by atoms with Crippen LogP contribution in [0.15, 0.2) is 51.7 Å². The molecule has 1 amide bonds. The fraction of sp³-hybridized carbons (Fsp3) is 0.158. The number of aromatic amines is 1. The summed E-state index contributed by atoms with van der Waals surface area (Å²) in [5.74, 6) is -0.212. The van der Waals surface area contributed by atoms with Crippen LogP contribution in [0.5, 0.6) is 0 Å². The van der Waals surface area contributed by atoms with Crippen LogP contribution in [0.25, 0.3) is 10.9 Å². The third-order valence-electron chi connectivity index (χ3n) is 4.06. The predicted molar refractivity (Wildman–Crippen MR) is 99.4 cm³/mol. The van der Waals surface area contributed by atoms with E-state index in [1.165, 1.54) is 5.56 Å². The van der Waals surface area contributed by atoms with E-state index in [1.807, 2.05) is 38.1 Å². The second-order valence-electron chi connectivity index (χ2n) is 5.84. The Labute approximate surface area is 148 Å². The lowest BCUT2D eigenvalue weighted by Gasteiger charge is -2.08. The molecule has 2 aromatic carbocycles. The van der Waals surface area contributed by atoms with Crippen molar-refractivity contribution in [3.8, 4) is 0 Å². The SMILES string of the molecule is Cc1cc2cc(CNC(=O)c3cccc(Br)c3)c(=O)[nH]c2cc1C. The van der Waals surface area contributed by atoms with E-state index in [2.05, 4.69) is 26.2 Å². The highest BCUT2D eigenvalue weighted by Crippen LogP contribution is 2.17. The Kier molecular flexibility index (Phi) is 4.53. The number of carbonyl (C=O) groups is 1. The summed E-state index contributed by atoms with van der Waals surface area (Å²) >= 11 is 3.34. The lowest BCUT2D eigenvalue weighted by atomic mass is 10.0. The minimum atomic E-state index is -0.212. The molecule has 0 bridgehead atoms. The maximum Gasteiger partial charge on any atom is 0.253 e. The second-order valence-corrected chi connectivity index (χ2v) is 6.76. The zero-order valence-electron chi connectivity index (χ0n) is 13.4. The van der Waals surface area contributed by atoms with Crippen molar-refractivity contribution in [3.63, 3.8) is 0 Å². The number of carbonyl (C=O) groups excluding carboxylic acids is 1. The minimum absolute atomic E-state index is 0.180. The van der Waals surface area contributed by atoms with Crippen LogP contribution in [-0.4, -0.2) is 10.9 Å². The molecule has 0 saturated carbocycles. The third kappa shape index (κ3) is 3.41. The standard InChI is InChI=1S/C19H17BrN2O2/c1-11-6-14-8-15(19(24)22-17(14)7-12(11)2)10-21-18(23)13-4-3-5-16(20)9-13/h3-9H,10H2,1-2H3,(H,21,23)(H,22,24). The van der Waals surface area contributed by atoms with Crippen molar-refractivity contribution in [1.29, 1.82) is 0 Å². The Morgan fingerprint density at radius 3 is 2.62 bits per heavy atom. The third-order valence-corrected chi connectivity index (χ3v) is 4.55. The summed E-state index contributed by atoms with van der Waals surface area (Å²) < 4.78 is 0.838. The van der Waals surface area contributed by atoms with Crippen LogP contribution in [0.3, 0.4) is 0 Å². The van der Waals surface area contributed by atoms with E-state index in [9.17, 15) is 9.59 Å². The molecule has 0 aliphatic carbocycles. The highest BCUT2D eigenvalue weighted by molar-refractivity contribution is 9.10. The highest BCUT2D eigenvalue weighted by Gasteiger charge is 2.09. The Morgan fingerprint density at radius 2 is 1.88 bits per heavy atom. The molecule has 4 nitrogen and oxygen atoms in total. The average Bonchev–Trinajstić information content (AvgIpc) is 2.54. The number of rotatable bonds is 3. The number of hydrogen-bond acceptors (Lipinski definition) is 2. The molecular formula is C19H17BrN2O2. The molecule has 122 valence electrons. The number of H-pyrrole nitrogens is 1. The quantitative estimate of drug-likeness (QED) is 0.720. The zero-order chi connectivity index (χ0) is 17.3. The lowest BCUT2D eigenvalue weighted by molar-refractivity contribution is 0.0950. The van der Waals surface area contributed by atoms with Crippen LogP contribution in [0.1, 0.15) is 27.0 Å². The normalized spacial score (nSPS) is 10.8. The number of fused-ring (bicyclic) bond motifs is 1. The van der Waals surface area contributed by atoms with E-state index in [0.717, 1.165) is 20.9 Å². The first kappa shape index (κ1) is 16.5. The van der Waals surface area contributed by atoms with Crippen LogP contribution in [0.4, 0.5) is 0 Å². The summed E-state index contributed by atoms with van der Waals surface area (Å²) in [6.45, 7) is 4.23. The molecule has 0 unspecified atom stereocenters. The van der Waals surface area contributed by atoms with Gasteiger partial charge in [-0.2, -0.15) is 0 Å². The fourth-order valence-electron chi connectivity index (χ4n) is 2.56. The van der Waals surface area contributed by atoms with Gasteiger partial charge in [-0.05, 0) is 66.8 Å². The largest absolute Gasteiger partial charge is 0.348 e. The van der Waals surface area contributed by atoms with Crippen LogP contribution in [-0.2, 0) is 6.54 Å². The number of nitrogens with one attached hydrogen (secondary N) is 2. The predicted octanol–water partition coefficient (Wildman–Crippen LogP) is 3.84. The van der Waals surface area contributed by atoms with E-state index < -0.39 is 0 Å². The van der Waals surface area contributed by atoms with Gasteiger partial charge in [0.05, 0.1) is 0 Å². The summed E-state index contributed by atoms with van der Waals surface area (Å²) in [6, 6.07) is 13.0. The molecule has 0 saturated heterocycles. The molecule has 2 N–H and O–H groups in total. The van der Waals surface area contributed by atoms with Gasteiger partial charge in [0.15, 0.2) is 0 Å².